The van der Waals surface area contributed by atoms with Gasteiger partial charge in [-0.3, -0.25) is 4.90 Å². The number of nitrogens with one attached hydrogen (secondary N) is 1. The average molecular weight is 274 g/mol. The zero-order chi connectivity index (χ0) is 13.8. The maximum absolute atomic E-state index is 3.70. The molecule has 21 heavy (non-hydrogen) atoms. The van der Waals surface area contributed by atoms with Crippen LogP contribution in [0.15, 0.2) is 48.5 Å². The lowest BCUT2D eigenvalue weighted by Crippen LogP contribution is -2.39. The fourth-order valence-electron chi connectivity index (χ4n) is 4.13. The summed E-state index contributed by atoms with van der Waals surface area (Å²) in [6.07, 6.45) is 2.30. The Balaban J connectivity index is 1.66. The minimum Gasteiger partial charge on any atom is -0.357 e. The first-order valence-electron chi connectivity index (χ1n) is 7.80. The van der Waals surface area contributed by atoms with E-state index in [1.165, 1.54) is 34.3 Å². The van der Waals surface area contributed by atoms with E-state index in [9.17, 15) is 0 Å². The van der Waals surface area contributed by atoms with Crippen LogP contribution in [-0.4, -0.2) is 16.4 Å². The Morgan fingerprint density at radius 1 is 0.952 bits per heavy atom. The van der Waals surface area contributed by atoms with Crippen LogP contribution in [0, 0.1) is 0 Å². The summed E-state index contributed by atoms with van der Waals surface area (Å²) in [5.74, 6) is 0. The first-order valence-corrected chi connectivity index (χ1v) is 7.80. The molecule has 3 heterocycles. The molecule has 0 saturated carbocycles. The highest BCUT2D eigenvalue weighted by molar-refractivity contribution is 5.85. The van der Waals surface area contributed by atoms with Crippen molar-refractivity contribution in [2.45, 2.75) is 25.4 Å². The maximum Gasteiger partial charge on any atom is 0.0545 e. The van der Waals surface area contributed by atoms with Crippen LogP contribution in [0.25, 0.3) is 10.9 Å². The molecule has 2 aliphatic heterocycles. The maximum atomic E-state index is 3.70. The molecule has 104 valence electrons. The SMILES string of the molecule is c1ccc2c(c1)C[C@@H]1c3[nH]c4ccccc4c3CCN1C2. The summed E-state index contributed by atoms with van der Waals surface area (Å²) in [4.78, 5) is 6.34. The first-order chi connectivity index (χ1) is 10.4. The van der Waals surface area contributed by atoms with Gasteiger partial charge in [-0.1, -0.05) is 42.5 Å². The third-order valence-corrected chi connectivity index (χ3v) is 5.17. The number of H-pyrrole nitrogens is 1. The van der Waals surface area contributed by atoms with Crippen molar-refractivity contribution in [3.8, 4) is 0 Å². The van der Waals surface area contributed by atoms with Crippen LogP contribution in [0.3, 0.4) is 0 Å². The Labute approximate surface area is 124 Å². The molecule has 0 unspecified atom stereocenters. The second-order valence-electron chi connectivity index (χ2n) is 6.27. The molecule has 0 radical (unpaired) electrons. The van der Waals surface area contributed by atoms with Gasteiger partial charge in [0.1, 0.15) is 0 Å². The Kier molecular flexibility index (Phi) is 2.33. The highest BCUT2D eigenvalue weighted by Gasteiger charge is 2.33. The number of rotatable bonds is 0. The number of hydrogen-bond acceptors (Lipinski definition) is 1. The van der Waals surface area contributed by atoms with Crippen molar-refractivity contribution in [2.75, 3.05) is 6.54 Å². The van der Waals surface area contributed by atoms with Crippen LogP contribution in [0.4, 0.5) is 0 Å². The van der Waals surface area contributed by atoms with E-state index in [1.54, 1.807) is 5.56 Å². The number of hydrogen-bond donors (Lipinski definition) is 1. The molecule has 5 rings (SSSR count). The van der Waals surface area contributed by atoms with E-state index in [4.69, 9.17) is 0 Å². The molecule has 2 aliphatic rings. The van der Waals surface area contributed by atoms with Gasteiger partial charge >= 0.3 is 0 Å². The fraction of sp³-hybridized carbons (Fsp3) is 0.263. The monoisotopic (exact) mass is 274 g/mol. The molecular formula is C19H18N2. The lowest BCUT2D eigenvalue weighted by Gasteiger charge is -2.40. The van der Waals surface area contributed by atoms with E-state index < -0.39 is 0 Å². The van der Waals surface area contributed by atoms with E-state index >= 15 is 0 Å². The molecule has 1 aromatic heterocycles. The van der Waals surface area contributed by atoms with Crippen molar-refractivity contribution in [3.63, 3.8) is 0 Å². The van der Waals surface area contributed by atoms with Crippen molar-refractivity contribution in [2.24, 2.45) is 0 Å². The van der Waals surface area contributed by atoms with Crippen LogP contribution < -0.4 is 0 Å². The van der Waals surface area contributed by atoms with Crippen LogP contribution in [0.1, 0.15) is 28.4 Å². The van der Waals surface area contributed by atoms with Gasteiger partial charge in [0.15, 0.2) is 0 Å². The van der Waals surface area contributed by atoms with E-state index in [1.807, 2.05) is 0 Å². The van der Waals surface area contributed by atoms with E-state index in [0.717, 1.165) is 19.4 Å². The molecule has 2 nitrogen and oxygen atoms in total. The van der Waals surface area contributed by atoms with Crippen molar-refractivity contribution in [3.05, 3.63) is 70.9 Å². The van der Waals surface area contributed by atoms with Gasteiger partial charge in [-0.15, -0.1) is 0 Å². The largest absolute Gasteiger partial charge is 0.357 e. The highest BCUT2D eigenvalue weighted by atomic mass is 15.2. The number of fused-ring (bicyclic) bond motifs is 6. The molecule has 1 N–H and O–H groups in total. The summed E-state index contributed by atoms with van der Waals surface area (Å²) in [7, 11) is 0. The molecule has 2 heteroatoms. The highest BCUT2D eigenvalue weighted by Crippen LogP contribution is 2.40. The van der Waals surface area contributed by atoms with Crippen LogP contribution in [0.2, 0.25) is 0 Å². The molecule has 0 fully saturated rings. The Morgan fingerprint density at radius 3 is 2.71 bits per heavy atom. The van der Waals surface area contributed by atoms with Gasteiger partial charge in [0.2, 0.25) is 0 Å². The summed E-state index contributed by atoms with van der Waals surface area (Å²) >= 11 is 0. The van der Waals surface area contributed by atoms with Gasteiger partial charge < -0.3 is 4.98 Å². The standard InChI is InChI=1S/C19H18N2/c1-2-6-14-12-21-10-9-16-15-7-3-4-8-17(15)20-19(16)18(21)11-13(14)5-1/h1-8,18,20H,9-12H2/t18-/m1/s1. The van der Waals surface area contributed by atoms with Crippen molar-refractivity contribution in [1.82, 2.24) is 9.88 Å². The summed E-state index contributed by atoms with van der Waals surface area (Å²) in [6.45, 7) is 2.27. The molecular weight excluding hydrogens is 256 g/mol. The topological polar surface area (TPSA) is 19.0 Å². The summed E-state index contributed by atoms with van der Waals surface area (Å²) in [6, 6.07) is 18.2. The lowest BCUT2D eigenvalue weighted by molar-refractivity contribution is 0.158. The van der Waals surface area contributed by atoms with Crippen LogP contribution in [0.5, 0.6) is 0 Å². The van der Waals surface area contributed by atoms with E-state index in [0.29, 0.717) is 6.04 Å². The predicted octanol–water partition coefficient (Wildman–Crippen LogP) is 3.82. The molecule has 0 bridgehead atoms. The summed E-state index contributed by atoms with van der Waals surface area (Å²) < 4.78 is 0. The third-order valence-electron chi connectivity index (χ3n) is 5.17. The minimum absolute atomic E-state index is 0.524. The Morgan fingerprint density at radius 2 is 1.76 bits per heavy atom. The Bertz CT molecular complexity index is 830. The fourth-order valence-corrected chi connectivity index (χ4v) is 4.13. The minimum atomic E-state index is 0.524. The van der Waals surface area contributed by atoms with Gasteiger partial charge in [0.05, 0.1) is 6.04 Å². The number of aromatic amines is 1. The normalized spacial score (nSPS) is 20.9. The number of aromatic nitrogens is 1. The van der Waals surface area contributed by atoms with E-state index in [2.05, 4.69) is 58.4 Å². The van der Waals surface area contributed by atoms with Gasteiger partial charge in [-0.05, 0) is 35.6 Å². The molecule has 0 aliphatic carbocycles. The molecule has 0 amide bonds. The van der Waals surface area contributed by atoms with Gasteiger partial charge in [0.25, 0.3) is 0 Å². The van der Waals surface area contributed by atoms with Crippen molar-refractivity contribution < 1.29 is 0 Å². The first kappa shape index (κ1) is 11.6. The van der Waals surface area contributed by atoms with Gasteiger partial charge in [-0.2, -0.15) is 0 Å². The lowest BCUT2D eigenvalue weighted by atomic mass is 9.87. The zero-order valence-electron chi connectivity index (χ0n) is 12.0. The zero-order valence-corrected chi connectivity index (χ0v) is 12.0. The van der Waals surface area contributed by atoms with Crippen molar-refractivity contribution in [1.29, 1.82) is 0 Å². The number of benzene rings is 2. The molecule has 0 spiro atoms. The third kappa shape index (κ3) is 1.63. The average Bonchev–Trinajstić information content (AvgIpc) is 2.92. The number of nitrogens with zero attached hydrogens (tertiary/aromatic N) is 1. The van der Waals surface area contributed by atoms with Crippen molar-refractivity contribution >= 4 is 10.9 Å². The van der Waals surface area contributed by atoms with Crippen LogP contribution in [-0.2, 0) is 19.4 Å². The molecule has 1 atom stereocenters. The second-order valence-corrected chi connectivity index (χ2v) is 6.27. The Hall–Kier alpha value is -2.06. The van der Waals surface area contributed by atoms with E-state index in [-0.39, 0.29) is 0 Å². The smallest absolute Gasteiger partial charge is 0.0545 e. The summed E-state index contributed by atoms with van der Waals surface area (Å²) in [5, 5.41) is 1.42. The molecule has 3 aromatic rings. The van der Waals surface area contributed by atoms with Gasteiger partial charge in [0, 0.05) is 29.7 Å². The molecule has 0 saturated heterocycles. The second kappa shape index (κ2) is 4.22. The number of para-hydroxylation sites is 1. The van der Waals surface area contributed by atoms with Crippen LogP contribution >= 0.6 is 0 Å². The quantitative estimate of drug-likeness (QED) is 0.660. The van der Waals surface area contributed by atoms with Gasteiger partial charge in [-0.25, -0.2) is 0 Å². The summed E-state index contributed by atoms with van der Waals surface area (Å²) in [5.41, 5.74) is 7.32. The predicted molar refractivity (Wildman–Crippen MR) is 85.3 cm³/mol. The molecule has 2 aromatic carbocycles.